The van der Waals surface area contributed by atoms with Crippen LogP contribution in [-0.4, -0.2) is 34.5 Å². The molecule has 14 heavy (non-hydrogen) atoms. The van der Waals surface area contributed by atoms with E-state index in [4.69, 9.17) is 9.47 Å². The van der Waals surface area contributed by atoms with Crippen LogP contribution in [0.2, 0.25) is 0 Å². The van der Waals surface area contributed by atoms with E-state index in [1.165, 1.54) is 10.9 Å². The molecule has 1 atom stereocenters. The third-order valence-corrected chi connectivity index (χ3v) is 1.98. The van der Waals surface area contributed by atoms with Gasteiger partial charge >= 0.3 is 5.69 Å². The Bertz CT molecular complexity index is 362. The Labute approximate surface area is 79.4 Å². The van der Waals surface area contributed by atoms with E-state index in [0.29, 0.717) is 13.2 Å². The maximum atomic E-state index is 10.5. The monoisotopic (exact) mass is 199 g/mol. The van der Waals surface area contributed by atoms with E-state index >= 15 is 0 Å². The zero-order valence-electron chi connectivity index (χ0n) is 7.54. The van der Waals surface area contributed by atoms with Gasteiger partial charge in [-0.3, -0.25) is 10.1 Å². The molecule has 0 amide bonds. The van der Waals surface area contributed by atoms with Crippen LogP contribution in [0.1, 0.15) is 0 Å². The molecule has 76 valence electrons. The standard InChI is InChI=1S/C7H9N3O4/c1-13-4-5-3-9-7(14-5)6(2-8-9)10(11)12/h2,5H,3-4H2,1H3/t5-/m0/s1. The van der Waals surface area contributed by atoms with E-state index in [2.05, 4.69) is 5.10 Å². The van der Waals surface area contributed by atoms with Crippen molar-refractivity contribution in [2.75, 3.05) is 13.7 Å². The highest BCUT2D eigenvalue weighted by atomic mass is 16.6. The van der Waals surface area contributed by atoms with Gasteiger partial charge in [0.05, 0.1) is 18.1 Å². The summed E-state index contributed by atoms with van der Waals surface area (Å²) in [6, 6.07) is 0. The van der Waals surface area contributed by atoms with Crippen molar-refractivity contribution in [2.24, 2.45) is 0 Å². The van der Waals surface area contributed by atoms with E-state index in [1.54, 1.807) is 7.11 Å². The van der Waals surface area contributed by atoms with Gasteiger partial charge in [-0.05, 0) is 0 Å². The number of hydrogen-bond donors (Lipinski definition) is 0. The summed E-state index contributed by atoms with van der Waals surface area (Å²) in [7, 11) is 1.55. The number of aromatic nitrogens is 2. The Morgan fingerprint density at radius 2 is 2.71 bits per heavy atom. The van der Waals surface area contributed by atoms with Gasteiger partial charge in [-0.15, -0.1) is 0 Å². The van der Waals surface area contributed by atoms with Crippen molar-refractivity contribution in [1.82, 2.24) is 9.78 Å². The molecule has 0 N–H and O–H groups in total. The predicted molar refractivity (Wildman–Crippen MR) is 45.2 cm³/mol. The van der Waals surface area contributed by atoms with Gasteiger partial charge in [0.2, 0.25) is 0 Å². The van der Waals surface area contributed by atoms with Gasteiger partial charge in [0.15, 0.2) is 0 Å². The highest BCUT2D eigenvalue weighted by Crippen LogP contribution is 2.31. The highest BCUT2D eigenvalue weighted by Gasteiger charge is 2.32. The first-order chi connectivity index (χ1) is 6.72. The van der Waals surface area contributed by atoms with E-state index in [-0.39, 0.29) is 17.7 Å². The van der Waals surface area contributed by atoms with Crippen LogP contribution in [-0.2, 0) is 11.3 Å². The summed E-state index contributed by atoms with van der Waals surface area (Å²) in [4.78, 5) is 10.0. The van der Waals surface area contributed by atoms with Gasteiger partial charge in [-0.2, -0.15) is 5.10 Å². The number of methoxy groups -OCH3 is 1. The van der Waals surface area contributed by atoms with E-state index in [9.17, 15) is 10.1 Å². The molecule has 0 bridgehead atoms. The maximum absolute atomic E-state index is 10.5. The zero-order valence-corrected chi connectivity index (χ0v) is 7.54. The first-order valence-corrected chi connectivity index (χ1v) is 4.08. The van der Waals surface area contributed by atoms with Gasteiger partial charge in [-0.25, -0.2) is 4.68 Å². The quantitative estimate of drug-likeness (QED) is 0.513. The molecule has 0 saturated carbocycles. The van der Waals surface area contributed by atoms with Crippen molar-refractivity contribution in [3.63, 3.8) is 0 Å². The smallest absolute Gasteiger partial charge is 0.350 e. The Kier molecular flexibility index (Phi) is 2.08. The number of rotatable bonds is 3. The van der Waals surface area contributed by atoms with Gasteiger partial charge in [0, 0.05) is 7.11 Å². The zero-order chi connectivity index (χ0) is 10.1. The average molecular weight is 199 g/mol. The van der Waals surface area contributed by atoms with Crippen molar-refractivity contribution in [1.29, 1.82) is 0 Å². The van der Waals surface area contributed by atoms with Crippen LogP contribution in [0.15, 0.2) is 6.20 Å². The lowest BCUT2D eigenvalue weighted by Gasteiger charge is -2.06. The molecule has 2 heterocycles. The van der Waals surface area contributed by atoms with E-state index in [1.807, 2.05) is 0 Å². The summed E-state index contributed by atoms with van der Waals surface area (Å²) < 4.78 is 11.7. The fourth-order valence-electron chi connectivity index (χ4n) is 1.40. The molecule has 1 aromatic rings. The lowest BCUT2D eigenvalue weighted by atomic mass is 10.4. The molecular formula is C7H9N3O4. The Morgan fingerprint density at radius 1 is 1.93 bits per heavy atom. The number of nitrogens with zero attached hydrogens (tertiary/aromatic N) is 3. The molecule has 1 aromatic heterocycles. The Hall–Kier alpha value is -1.63. The summed E-state index contributed by atoms with van der Waals surface area (Å²) in [5, 5.41) is 14.4. The minimum Gasteiger partial charge on any atom is -0.465 e. The molecule has 0 aliphatic carbocycles. The SMILES string of the molecule is COC[C@@H]1Cn2ncc([N+](=O)[O-])c2O1. The second-order valence-electron chi connectivity index (χ2n) is 2.97. The summed E-state index contributed by atoms with van der Waals surface area (Å²) in [6.45, 7) is 0.900. The molecular weight excluding hydrogens is 190 g/mol. The fraction of sp³-hybridized carbons (Fsp3) is 0.571. The van der Waals surface area contributed by atoms with Crippen LogP contribution in [0.3, 0.4) is 0 Å². The van der Waals surface area contributed by atoms with Crippen LogP contribution in [0.5, 0.6) is 5.88 Å². The molecule has 0 spiro atoms. The third-order valence-electron chi connectivity index (χ3n) is 1.98. The number of ether oxygens (including phenoxy) is 2. The van der Waals surface area contributed by atoms with Crippen molar-refractivity contribution < 1.29 is 14.4 Å². The number of hydrogen-bond acceptors (Lipinski definition) is 5. The first kappa shape index (κ1) is 8.95. The normalized spacial score (nSPS) is 19.1. The number of nitro groups is 1. The molecule has 0 aromatic carbocycles. The summed E-state index contributed by atoms with van der Waals surface area (Å²) in [6.07, 6.45) is 1.01. The minimum atomic E-state index is -0.506. The minimum absolute atomic E-state index is 0.0939. The van der Waals surface area contributed by atoms with Crippen molar-refractivity contribution in [2.45, 2.75) is 12.6 Å². The second-order valence-corrected chi connectivity index (χ2v) is 2.97. The summed E-state index contributed by atoms with van der Waals surface area (Å²) in [5.41, 5.74) is -0.0939. The molecule has 0 unspecified atom stereocenters. The van der Waals surface area contributed by atoms with Crippen LogP contribution in [0.4, 0.5) is 5.69 Å². The van der Waals surface area contributed by atoms with Crippen LogP contribution >= 0.6 is 0 Å². The average Bonchev–Trinajstić information content (AvgIpc) is 2.62. The van der Waals surface area contributed by atoms with Crippen LogP contribution in [0, 0.1) is 10.1 Å². The van der Waals surface area contributed by atoms with E-state index in [0.717, 1.165) is 0 Å². The lowest BCUT2D eigenvalue weighted by molar-refractivity contribution is -0.385. The Morgan fingerprint density at radius 3 is 3.36 bits per heavy atom. The first-order valence-electron chi connectivity index (χ1n) is 4.08. The largest absolute Gasteiger partial charge is 0.465 e. The Balaban J connectivity index is 2.19. The molecule has 0 saturated heterocycles. The van der Waals surface area contributed by atoms with Gasteiger partial charge < -0.3 is 9.47 Å². The van der Waals surface area contributed by atoms with Crippen molar-refractivity contribution in [3.05, 3.63) is 16.3 Å². The molecule has 2 rings (SSSR count). The summed E-state index contributed by atoms with van der Waals surface area (Å²) >= 11 is 0. The van der Waals surface area contributed by atoms with Crippen molar-refractivity contribution >= 4 is 5.69 Å². The van der Waals surface area contributed by atoms with Gasteiger partial charge in [0.25, 0.3) is 5.88 Å². The van der Waals surface area contributed by atoms with E-state index < -0.39 is 4.92 Å². The maximum Gasteiger partial charge on any atom is 0.350 e. The topological polar surface area (TPSA) is 79.4 Å². The lowest BCUT2D eigenvalue weighted by Crippen LogP contribution is -2.20. The van der Waals surface area contributed by atoms with Gasteiger partial charge in [0.1, 0.15) is 12.3 Å². The van der Waals surface area contributed by atoms with Crippen molar-refractivity contribution in [3.8, 4) is 5.88 Å². The van der Waals surface area contributed by atoms with Crippen LogP contribution in [0.25, 0.3) is 0 Å². The molecule has 1 aliphatic heterocycles. The molecule has 7 heteroatoms. The predicted octanol–water partition coefficient (Wildman–Crippen LogP) is 0.199. The second kappa shape index (κ2) is 3.26. The number of fused-ring (bicyclic) bond motifs is 1. The third kappa shape index (κ3) is 1.31. The highest BCUT2D eigenvalue weighted by molar-refractivity contribution is 5.40. The molecule has 7 nitrogen and oxygen atoms in total. The van der Waals surface area contributed by atoms with Crippen LogP contribution < -0.4 is 4.74 Å². The summed E-state index contributed by atoms with van der Waals surface area (Å²) in [5.74, 6) is 0.219. The fourth-order valence-corrected chi connectivity index (χ4v) is 1.40. The molecule has 0 fully saturated rings. The van der Waals surface area contributed by atoms with Gasteiger partial charge in [-0.1, -0.05) is 0 Å². The molecule has 1 aliphatic rings. The molecule has 0 radical (unpaired) electrons.